The number of nitrogens with zero attached hydrogens (tertiary/aromatic N) is 3. The minimum absolute atomic E-state index is 0.155. The van der Waals surface area contributed by atoms with Crippen molar-refractivity contribution < 1.29 is 4.92 Å². The van der Waals surface area contributed by atoms with Gasteiger partial charge in [0.2, 0.25) is 0 Å². The maximum Gasteiger partial charge on any atom is 0.270 e. The number of hydrogen-bond acceptors (Lipinski definition) is 4. The van der Waals surface area contributed by atoms with E-state index in [9.17, 15) is 14.9 Å². The van der Waals surface area contributed by atoms with Gasteiger partial charge in [0.05, 0.1) is 22.4 Å². The zero-order valence-corrected chi connectivity index (χ0v) is 21.1. The fourth-order valence-corrected chi connectivity index (χ4v) is 4.68. The van der Waals surface area contributed by atoms with Crippen LogP contribution in [-0.4, -0.2) is 14.5 Å². The molecule has 0 radical (unpaired) electrons. The number of aromatic nitrogens is 2. The summed E-state index contributed by atoms with van der Waals surface area (Å²) in [4.78, 5) is 29.7. The van der Waals surface area contributed by atoms with Crippen LogP contribution in [0.2, 0.25) is 10.0 Å². The molecule has 0 fully saturated rings. The van der Waals surface area contributed by atoms with E-state index < -0.39 is 4.92 Å². The van der Waals surface area contributed by atoms with Gasteiger partial charge in [0.15, 0.2) is 0 Å². The summed E-state index contributed by atoms with van der Waals surface area (Å²) in [7, 11) is 0. The third-order valence-electron chi connectivity index (χ3n) is 6.30. The molecular formula is C29H21Cl2N3O3. The van der Waals surface area contributed by atoms with Gasteiger partial charge >= 0.3 is 0 Å². The van der Waals surface area contributed by atoms with Crippen LogP contribution in [0.4, 0.5) is 5.69 Å². The highest BCUT2D eigenvalue weighted by atomic mass is 35.5. The van der Waals surface area contributed by atoms with Crippen LogP contribution in [0, 0.1) is 10.1 Å². The summed E-state index contributed by atoms with van der Waals surface area (Å²) in [6.07, 6.45) is 0.576. The highest BCUT2D eigenvalue weighted by molar-refractivity contribution is 6.30. The van der Waals surface area contributed by atoms with Gasteiger partial charge in [-0.3, -0.25) is 19.5 Å². The fourth-order valence-electron chi connectivity index (χ4n) is 4.43. The van der Waals surface area contributed by atoms with E-state index in [0.29, 0.717) is 27.8 Å². The van der Waals surface area contributed by atoms with Gasteiger partial charge in [0.25, 0.3) is 11.2 Å². The number of non-ortho nitro benzene ring substituents is 1. The van der Waals surface area contributed by atoms with Crippen molar-refractivity contribution >= 4 is 39.8 Å². The molecule has 0 bridgehead atoms. The molecule has 1 aromatic heterocycles. The lowest BCUT2D eigenvalue weighted by atomic mass is 9.90. The summed E-state index contributed by atoms with van der Waals surface area (Å²) in [5.74, 6) is 0.310. The second-order valence-electron chi connectivity index (χ2n) is 8.74. The standard InChI is InChI=1S/C29H21Cl2N3O3/c30-22-10-6-19(7-11-22)16-25(21-4-2-1-3-5-21)28-32-27-15-14-24(34(36)37)17-26(27)29(35)33(28)18-20-8-12-23(31)13-9-20/h1-15,17,25H,16,18H2/t25-/m1/s1. The Morgan fingerprint density at radius 1 is 0.838 bits per heavy atom. The van der Waals surface area contributed by atoms with Gasteiger partial charge in [-0.25, -0.2) is 4.98 Å². The Labute approximate surface area is 222 Å². The Balaban J connectivity index is 1.74. The van der Waals surface area contributed by atoms with Crippen molar-refractivity contribution in [1.29, 1.82) is 0 Å². The van der Waals surface area contributed by atoms with E-state index in [-0.39, 0.29) is 29.1 Å². The monoisotopic (exact) mass is 529 g/mol. The summed E-state index contributed by atoms with van der Waals surface area (Å²) in [5, 5.41) is 12.8. The summed E-state index contributed by atoms with van der Waals surface area (Å²) >= 11 is 12.2. The van der Waals surface area contributed by atoms with Gasteiger partial charge in [-0.2, -0.15) is 0 Å². The van der Waals surface area contributed by atoms with Crippen LogP contribution >= 0.6 is 23.2 Å². The Hall–Kier alpha value is -4.00. The minimum Gasteiger partial charge on any atom is -0.291 e. The number of fused-ring (bicyclic) bond motifs is 1. The van der Waals surface area contributed by atoms with Crippen molar-refractivity contribution in [3.63, 3.8) is 0 Å². The van der Waals surface area contributed by atoms with Crippen LogP contribution in [0.25, 0.3) is 10.9 Å². The first-order valence-corrected chi connectivity index (χ1v) is 12.4. The average molecular weight is 530 g/mol. The highest BCUT2D eigenvalue weighted by Crippen LogP contribution is 2.30. The number of nitro benzene ring substituents is 1. The molecule has 6 nitrogen and oxygen atoms in total. The second kappa shape index (κ2) is 10.5. The van der Waals surface area contributed by atoms with Crippen molar-refractivity contribution in [2.45, 2.75) is 18.9 Å². The molecule has 0 aliphatic carbocycles. The van der Waals surface area contributed by atoms with E-state index in [1.165, 1.54) is 18.2 Å². The summed E-state index contributed by atoms with van der Waals surface area (Å²) in [5.41, 5.74) is 2.81. The van der Waals surface area contributed by atoms with Gasteiger partial charge in [-0.1, -0.05) is 77.8 Å². The molecule has 0 saturated carbocycles. The molecule has 1 heterocycles. The third kappa shape index (κ3) is 5.40. The lowest BCUT2D eigenvalue weighted by molar-refractivity contribution is -0.384. The summed E-state index contributed by atoms with van der Waals surface area (Å²) in [6, 6.07) is 28.9. The van der Waals surface area contributed by atoms with Crippen molar-refractivity contribution in [2.24, 2.45) is 0 Å². The van der Waals surface area contributed by atoms with E-state index in [1.54, 1.807) is 16.7 Å². The predicted octanol–water partition coefficient (Wildman–Crippen LogP) is 7.03. The molecule has 0 N–H and O–H groups in total. The van der Waals surface area contributed by atoms with Crippen LogP contribution in [0.15, 0.2) is 102 Å². The van der Waals surface area contributed by atoms with Gasteiger partial charge in [0.1, 0.15) is 5.82 Å². The van der Waals surface area contributed by atoms with Crippen molar-refractivity contribution in [3.05, 3.63) is 150 Å². The molecule has 0 saturated heterocycles. The maximum absolute atomic E-state index is 13.9. The Morgan fingerprint density at radius 3 is 2.08 bits per heavy atom. The van der Waals surface area contributed by atoms with Crippen molar-refractivity contribution in [3.8, 4) is 0 Å². The molecule has 184 valence electrons. The zero-order valence-electron chi connectivity index (χ0n) is 19.6. The smallest absolute Gasteiger partial charge is 0.270 e. The molecule has 8 heteroatoms. The van der Waals surface area contributed by atoms with Crippen LogP contribution < -0.4 is 5.56 Å². The average Bonchev–Trinajstić information content (AvgIpc) is 2.91. The largest absolute Gasteiger partial charge is 0.291 e. The van der Waals surface area contributed by atoms with Crippen molar-refractivity contribution in [1.82, 2.24) is 9.55 Å². The van der Waals surface area contributed by atoms with E-state index in [4.69, 9.17) is 28.2 Å². The van der Waals surface area contributed by atoms with Crippen molar-refractivity contribution in [2.75, 3.05) is 0 Å². The van der Waals surface area contributed by atoms with Gasteiger partial charge < -0.3 is 0 Å². The van der Waals surface area contributed by atoms with Crippen LogP contribution in [-0.2, 0) is 13.0 Å². The number of nitro groups is 1. The number of rotatable bonds is 7. The first-order chi connectivity index (χ1) is 17.9. The first-order valence-electron chi connectivity index (χ1n) is 11.6. The lowest BCUT2D eigenvalue weighted by Crippen LogP contribution is -2.28. The van der Waals surface area contributed by atoms with Gasteiger partial charge in [0, 0.05) is 28.1 Å². The highest BCUT2D eigenvalue weighted by Gasteiger charge is 2.24. The quantitative estimate of drug-likeness (QED) is 0.167. The number of hydrogen-bond donors (Lipinski definition) is 0. The molecule has 1 atom stereocenters. The Morgan fingerprint density at radius 2 is 1.46 bits per heavy atom. The maximum atomic E-state index is 13.9. The van der Waals surface area contributed by atoms with Gasteiger partial charge in [-0.05, 0) is 53.4 Å². The molecule has 5 rings (SSSR count). The van der Waals surface area contributed by atoms with E-state index in [2.05, 4.69) is 0 Å². The molecule has 0 unspecified atom stereocenters. The fraction of sp³-hybridized carbons (Fsp3) is 0.103. The normalized spacial score (nSPS) is 11.9. The summed E-state index contributed by atoms with van der Waals surface area (Å²) < 4.78 is 1.61. The zero-order chi connectivity index (χ0) is 25.9. The molecular weight excluding hydrogens is 509 g/mol. The second-order valence-corrected chi connectivity index (χ2v) is 9.61. The number of halogens is 2. The van der Waals surface area contributed by atoms with Crippen LogP contribution in [0.1, 0.15) is 28.4 Å². The molecule has 37 heavy (non-hydrogen) atoms. The molecule has 0 spiro atoms. The molecule has 4 aromatic carbocycles. The third-order valence-corrected chi connectivity index (χ3v) is 6.80. The lowest BCUT2D eigenvalue weighted by Gasteiger charge is -2.22. The number of benzene rings is 4. The predicted molar refractivity (Wildman–Crippen MR) is 147 cm³/mol. The van der Waals surface area contributed by atoms with Crippen LogP contribution in [0.3, 0.4) is 0 Å². The van der Waals surface area contributed by atoms with Gasteiger partial charge in [-0.15, -0.1) is 0 Å². The first kappa shape index (κ1) is 24.7. The Kier molecular flexibility index (Phi) is 7.04. The molecule has 5 aromatic rings. The Bertz CT molecular complexity index is 1630. The SMILES string of the molecule is O=c1c2cc([N+](=O)[O-])ccc2nc([C@H](Cc2ccc(Cl)cc2)c2ccccc2)n1Cc1ccc(Cl)cc1. The topological polar surface area (TPSA) is 78.0 Å². The molecule has 0 aliphatic heterocycles. The molecule has 0 aliphatic rings. The molecule has 0 amide bonds. The van der Waals surface area contributed by atoms with E-state index >= 15 is 0 Å². The minimum atomic E-state index is -0.510. The van der Waals surface area contributed by atoms with Crippen LogP contribution in [0.5, 0.6) is 0 Å². The summed E-state index contributed by atoms with van der Waals surface area (Å²) in [6.45, 7) is 0.237. The van der Waals surface area contributed by atoms with E-state index in [0.717, 1.165) is 16.7 Å². The van der Waals surface area contributed by atoms with E-state index in [1.807, 2.05) is 66.7 Å².